The van der Waals surface area contributed by atoms with Crippen LogP contribution >= 0.6 is 0 Å². The van der Waals surface area contributed by atoms with Gasteiger partial charge in [-0.3, -0.25) is 9.59 Å². The van der Waals surface area contributed by atoms with Crippen molar-refractivity contribution in [2.45, 2.75) is 72.1 Å². The van der Waals surface area contributed by atoms with Crippen molar-refractivity contribution in [3.05, 3.63) is 59.7 Å². The van der Waals surface area contributed by atoms with Gasteiger partial charge in [0, 0.05) is 11.2 Å². The van der Waals surface area contributed by atoms with Gasteiger partial charge in [0.1, 0.15) is 23.9 Å². The molecule has 0 saturated carbocycles. The summed E-state index contributed by atoms with van der Waals surface area (Å²) >= 11 is 0. The molecule has 0 saturated heterocycles. The largest absolute Gasteiger partial charge is 0.508 e. The Morgan fingerprint density at radius 1 is 1.00 bits per heavy atom. The first-order chi connectivity index (χ1) is 16.2. The number of phenolic OH excluding ortho intramolecular Hbond substituents is 1. The molecule has 8 nitrogen and oxygen atoms in total. The number of anilines is 1. The number of nitrogens with zero attached hydrogens (tertiary/aromatic N) is 1. The Morgan fingerprint density at radius 3 is 2.14 bits per heavy atom. The van der Waals surface area contributed by atoms with E-state index in [1.807, 2.05) is 45.9 Å². The van der Waals surface area contributed by atoms with E-state index in [1.54, 1.807) is 39.0 Å². The Kier molecular flexibility index (Phi) is 8.90. The molecular weight excluding hydrogens is 446 g/mol. The lowest BCUT2D eigenvalue weighted by molar-refractivity contribution is -0.145. The molecule has 2 rings (SSSR count). The summed E-state index contributed by atoms with van der Waals surface area (Å²) in [5.74, 6) is -0.802. The van der Waals surface area contributed by atoms with Crippen LogP contribution in [0.3, 0.4) is 0 Å². The molecule has 35 heavy (non-hydrogen) atoms. The minimum Gasteiger partial charge on any atom is -0.508 e. The predicted octanol–water partition coefficient (Wildman–Crippen LogP) is 4.92. The molecule has 0 fully saturated rings. The van der Waals surface area contributed by atoms with Gasteiger partial charge in [-0.05, 0) is 77.3 Å². The van der Waals surface area contributed by atoms with Gasteiger partial charge < -0.3 is 25.4 Å². The molecule has 0 aliphatic heterocycles. The van der Waals surface area contributed by atoms with E-state index in [0.717, 1.165) is 5.56 Å². The molecule has 0 aliphatic rings. The van der Waals surface area contributed by atoms with Crippen LogP contribution in [0.4, 0.5) is 10.5 Å². The van der Waals surface area contributed by atoms with Gasteiger partial charge in [0.05, 0.1) is 0 Å². The standard InChI is InChI=1S/C27H37N3O5/c1-8-27(6,7)30(22(32)17-28-25(34)35-26(3,4)5)23(19-13-15-20(31)16-14-19)24(33)29-21-12-10-9-11-18(21)2/h9-16,23,31H,8,17H2,1-7H3,(H,28,34)(H,29,33). The van der Waals surface area contributed by atoms with Crippen molar-refractivity contribution in [2.75, 3.05) is 11.9 Å². The van der Waals surface area contributed by atoms with Gasteiger partial charge in [-0.25, -0.2) is 4.79 Å². The number of amides is 3. The SMILES string of the molecule is CCC(C)(C)N(C(=O)CNC(=O)OC(C)(C)C)C(C(=O)Nc1ccccc1C)c1ccc(O)cc1. The van der Waals surface area contributed by atoms with E-state index in [2.05, 4.69) is 10.6 Å². The molecule has 190 valence electrons. The third-order valence-corrected chi connectivity index (χ3v) is 5.69. The summed E-state index contributed by atoms with van der Waals surface area (Å²) in [5, 5.41) is 15.2. The van der Waals surface area contributed by atoms with Crippen molar-refractivity contribution in [2.24, 2.45) is 0 Å². The van der Waals surface area contributed by atoms with Crippen LogP contribution in [-0.4, -0.2) is 45.6 Å². The Morgan fingerprint density at radius 2 is 1.60 bits per heavy atom. The zero-order chi connectivity index (χ0) is 26.4. The number of benzene rings is 2. The summed E-state index contributed by atoms with van der Waals surface area (Å²) < 4.78 is 5.25. The van der Waals surface area contributed by atoms with Gasteiger partial charge in [-0.15, -0.1) is 0 Å². The molecule has 0 heterocycles. The molecule has 1 unspecified atom stereocenters. The number of para-hydroxylation sites is 1. The molecule has 0 bridgehead atoms. The molecule has 2 aromatic carbocycles. The van der Waals surface area contributed by atoms with E-state index in [-0.39, 0.29) is 12.3 Å². The first-order valence-electron chi connectivity index (χ1n) is 11.7. The molecule has 1 atom stereocenters. The van der Waals surface area contributed by atoms with E-state index in [4.69, 9.17) is 4.74 Å². The molecule has 2 aromatic rings. The molecule has 3 N–H and O–H groups in total. The van der Waals surface area contributed by atoms with Crippen molar-refractivity contribution >= 4 is 23.6 Å². The van der Waals surface area contributed by atoms with E-state index < -0.39 is 35.1 Å². The molecular formula is C27H37N3O5. The van der Waals surface area contributed by atoms with E-state index in [0.29, 0.717) is 17.7 Å². The van der Waals surface area contributed by atoms with Crippen molar-refractivity contribution in [3.8, 4) is 5.75 Å². The number of alkyl carbamates (subject to hydrolysis) is 1. The van der Waals surface area contributed by atoms with Crippen molar-refractivity contribution in [3.63, 3.8) is 0 Å². The van der Waals surface area contributed by atoms with Crippen LogP contribution in [0.15, 0.2) is 48.5 Å². The number of aromatic hydroxyl groups is 1. The Labute approximate surface area is 207 Å². The predicted molar refractivity (Wildman–Crippen MR) is 136 cm³/mol. The smallest absolute Gasteiger partial charge is 0.408 e. The first-order valence-corrected chi connectivity index (χ1v) is 11.7. The zero-order valence-electron chi connectivity index (χ0n) is 21.6. The van der Waals surface area contributed by atoms with Gasteiger partial charge in [0.25, 0.3) is 5.91 Å². The highest BCUT2D eigenvalue weighted by Gasteiger charge is 2.40. The maximum absolute atomic E-state index is 13.7. The van der Waals surface area contributed by atoms with Crippen molar-refractivity contribution in [1.29, 1.82) is 0 Å². The fourth-order valence-corrected chi connectivity index (χ4v) is 3.54. The number of hydrogen-bond acceptors (Lipinski definition) is 5. The zero-order valence-corrected chi connectivity index (χ0v) is 21.6. The minimum atomic E-state index is -1.02. The first kappa shape index (κ1) is 27.7. The van der Waals surface area contributed by atoms with Crippen molar-refractivity contribution in [1.82, 2.24) is 10.2 Å². The molecule has 3 amide bonds. The minimum absolute atomic E-state index is 0.0473. The Balaban J connectivity index is 2.46. The molecule has 0 aromatic heterocycles. The Bertz CT molecular complexity index is 1040. The number of hydrogen-bond donors (Lipinski definition) is 3. The van der Waals surface area contributed by atoms with Crippen molar-refractivity contribution < 1.29 is 24.2 Å². The Hall–Kier alpha value is -3.55. The van der Waals surface area contributed by atoms with Gasteiger partial charge in [0.2, 0.25) is 5.91 Å². The summed E-state index contributed by atoms with van der Waals surface area (Å²) in [5.41, 5.74) is 0.593. The summed E-state index contributed by atoms with van der Waals surface area (Å²) in [6, 6.07) is 12.5. The second-order valence-corrected chi connectivity index (χ2v) is 10.1. The van der Waals surface area contributed by atoms with E-state index in [9.17, 15) is 19.5 Å². The van der Waals surface area contributed by atoms with Crippen LogP contribution in [0.25, 0.3) is 0 Å². The van der Waals surface area contributed by atoms with Crippen LogP contribution in [-0.2, 0) is 14.3 Å². The molecule has 0 radical (unpaired) electrons. The lowest BCUT2D eigenvalue weighted by Crippen LogP contribution is -2.55. The van der Waals surface area contributed by atoms with Gasteiger partial charge >= 0.3 is 6.09 Å². The topological polar surface area (TPSA) is 108 Å². The van der Waals surface area contributed by atoms with Crippen LogP contribution in [0.5, 0.6) is 5.75 Å². The number of ether oxygens (including phenoxy) is 1. The van der Waals surface area contributed by atoms with Gasteiger partial charge in [-0.1, -0.05) is 37.3 Å². The lowest BCUT2D eigenvalue weighted by Gasteiger charge is -2.43. The molecule has 0 spiro atoms. The summed E-state index contributed by atoms with van der Waals surface area (Å²) in [6.07, 6.45) is -0.164. The number of phenols is 1. The average molecular weight is 484 g/mol. The van der Waals surface area contributed by atoms with E-state index >= 15 is 0 Å². The maximum Gasteiger partial charge on any atom is 0.408 e. The average Bonchev–Trinajstić information content (AvgIpc) is 2.76. The lowest BCUT2D eigenvalue weighted by atomic mass is 9.92. The number of nitrogens with one attached hydrogen (secondary N) is 2. The fourth-order valence-electron chi connectivity index (χ4n) is 3.54. The third kappa shape index (κ3) is 7.73. The second-order valence-electron chi connectivity index (χ2n) is 10.1. The van der Waals surface area contributed by atoms with Crippen LogP contribution < -0.4 is 10.6 Å². The second kappa shape index (κ2) is 11.3. The summed E-state index contributed by atoms with van der Waals surface area (Å²) in [4.78, 5) is 40.9. The number of rotatable bonds is 8. The number of carbonyl (C=O) groups is 3. The normalized spacial score (nSPS) is 12.4. The van der Waals surface area contributed by atoms with E-state index in [1.165, 1.54) is 17.0 Å². The molecule has 8 heteroatoms. The fraction of sp³-hybridized carbons (Fsp3) is 0.444. The van der Waals surface area contributed by atoms with Crippen LogP contribution in [0.2, 0.25) is 0 Å². The quantitative estimate of drug-likeness (QED) is 0.494. The summed E-state index contributed by atoms with van der Waals surface area (Å²) in [7, 11) is 0. The highest BCUT2D eigenvalue weighted by atomic mass is 16.6. The monoisotopic (exact) mass is 483 g/mol. The van der Waals surface area contributed by atoms with Gasteiger partial charge in [-0.2, -0.15) is 0 Å². The highest BCUT2D eigenvalue weighted by Crippen LogP contribution is 2.33. The molecule has 0 aliphatic carbocycles. The summed E-state index contributed by atoms with van der Waals surface area (Å²) in [6.45, 7) is 12.4. The van der Waals surface area contributed by atoms with Crippen LogP contribution in [0, 0.1) is 6.92 Å². The third-order valence-electron chi connectivity index (χ3n) is 5.69. The highest BCUT2D eigenvalue weighted by molar-refractivity contribution is 5.99. The number of carbonyl (C=O) groups excluding carboxylic acids is 3. The maximum atomic E-state index is 13.7. The van der Waals surface area contributed by atoms with Crippen LogP contribution in [0.1, 0.15) is 65.1 Å². The number of aryl methyl sites for hydroxylation is 1. The van der Waals surface area contributed by atoms with Gasteiger partial charge in [0.15, 0.2) is 0 Å².